The van der Waals surface area contributed by atoms with Crippen LogP contribution in [0.4, 0.5) is 0 Å². The highest BCUT2D eigenvalue weighted by Gasteiger charge is 2.58. The first-order valence-corrected chi connectivity index (χ1v) is 4.73. The van der Waals surface area contributed by atoms with Gasteiger partial charge in [0.15, 0.2) is 0 Å². The minimum absolute atomic E-state index is 0.0503. The van der Waals surface area contributed by atoms with Crippen molar-refractivity contribution in [1.82, 2.24) is 0 Å². The van der Waals surface area contributed by atoms with Gasteiger partial charge in [0.05, 0.1) is 4.87 Å². The Morgan fingerprint density at radius 1 is 1.55 bits per heavy atom. The number of alkyl halides is 1. The lowest BCUT2D eigenvalue weighted by molar-refractivity contribution is 0.318. The fourth-order valence-corrected chi connectivity index (χ4v) is 3.08. The molecule has 1 heteroatoms. The summed E-state index contributed by atoms with van der Waals surface area (Å²) in [4.78, 5) is 0.0503. The van der Waals surface area contributed by atoms with Crippen LogP contribution in [-0.4, -0.2) is 4.87 Å². The lowest BCUT2D eigenvalue weighted by atomic mass is 9.73. The van der Waals surface area contributed by atoms with E-state index in [1.165, 1.54) is 24.8 Å². The van der Waals surface area contributed by atoms with E-state index in [0.717, 1.165) is 5.92 Å². The van der Waals surface area contributed by atoms with Crippen molar-refractivity contribution in [2.24, 2.45) is 11.3 Å². The van der Waals surface area contributed by atoms with E-state index < -0.39 is 0 Å². The second-order valence-corrected chi connectivity index (χ2v) is 5.28. The molecule has 2 fully saturated rings. The van der Waals surface area contributed by atoms with Gasteiger partial charge >= 0.3 is 0 Å². The molecule has 2 rings (SSSR count). The van der Waals surface area contributed by atoms with E-state index in [0.29, 0.717) is 0 Å². The maximum Gasteiger partial charge on any atom is 0.0540 e. The van der Waals surface area contributed by atoms with Crippen molar-refractivity contribution in [3.63, 3.8) is 0 Å². The molecule has 11 heavy (non-hydrogen) atoms. The molecule has 0 aromatic heterocycles. The molecule has 0 aliphatic heterocycles. The largest absolute Gasteiger partial charge is 0.118 e. The molecule has 0 unspecified atom stereocenters. The normalized spacial score (nSPS) is 46.8. The Morgan fingerprint density at radius 3 is 2.45 bits per heavy atom. The zero-order valence-electron chi connectivity index (χ0n) is 7.28. The summed E-state index contributed by atoms with van der Waals surface area (Å²) in [6, 6.07) is 0. The number of halogens is 1. The molecule has 0 radical (unpaired) electrons. The smallest absolute Gasteiger partial charge is 0.0540 e. The van der Waals surface area contributed by atoms with Crippen LogP contribution in [-0.2, 0) is 0 Å². The van der Waals surface area contributed by atoms with Crippen LogP contribution in [0.5, 0.6) is 0 Å². The highest BCUT2D eigenvalue weighted by molar-refractivity contribution is 6.25. The molecule has 2 aliphatic rings. The van der Waals surface area contributed by atoms with Gasteiger partial charge < -0.3 is 0 Å². The van der Waals surface area contributed by atoms with Gasteiger partial charge in [-0.15, -0.1) is 11.6 Å². The molecule has 2 aliphatic carbocycles. The van der Waals surface area contributed by atoms with Crippen LogP contribution in [0.1, 0.15) is 33.1 Å². The molecule has 0 amide bonds. The van der Waals surface area contributed by atoms with E-state index in [4.69, 9.17) is 11.6 Å². The van der Waals surface area contributed by atoms with Crippen molar-refractivity contribution in [2.45, 2.75) is 38.0 Å². The molecule has 0 heterocycles. The van der Waals surface area contributed by atoms with Gasteiger partial charge in [0.2, 0.25) is 0 Å². The average Bonchev–Trinajstić information content (AvgIpc) is 2.36. The molecule has 0 saturated heterocycles. The van der Waals surface area contributed by atoms with Gasteiger partial charge in [-0.25, -0.2) is 0 Å². The van der Waals surface area contributed by atoms with Crippen LogP contribution in [0.2, 0.25) is 0 Å². The highest BCUT2D eigenvalue weighted by Crippen LogP contribution is 2.64. The topological polar surface area (TPSA) is 0 Å². The van der Waals surface area contributed by atoms with Crippen LogP contribution >= 0.6 is 11.6 Å². The highest BCUT2D eigenvalue weighted by atomic mass is 35.5. The molecule has 0 aromatic rings. The van der Waals surface area contributed by atoms with E-state index >= 15 is 0 Å². The maximum absolute atomic E-state index is 6.52. The first-order valence-electron chi connectivity index (χ1n) is 4.35. The third kappa shape index (κ3) is 0.717. The summed E-state index contributed by atoms with van der Waals surface area (Å²) in [5, 5.41) is 0. The summed E-state index contributed by atoms with van der Waals surface area (Å²) in [7, 11) is 0. The minimum atomic E-state index is 0.0503. The lowest BCUT2D eigenvalue weighted by Gasteiger charge is -2.38. The number of rotatable bonds is 0. The summed E-state index contributed by atoms with van der Waals surface area (Å²) in [6.07, 6.45) is 3.62. The fraction of sp³-hybridized carbons (Fsp3) is 0.800. The predicted molar refractivity (Wildman–Crippen MR) is 48.8 cm³/mol. The van der Waals surface area contributed by atoms with Crippen molar-refractivity contribution < 1.29 is 0 Å². The van der Waals surface area contributed by atoms with Crippen molar-refractivity contribution in [3.05, 3.63) is 12.2 Å². The molecule has 0 nitrogen and oxygen atoms in total. The SMILES string of the molecule is C=C1[C@@H]2CC[C@@](Cl)(C2)C1(C)C. The molecule has 62 valence electrons. The Kier molecular flexibility index (Phi) is 1.29. The molecular weight excluding hydrogens is 156 g/mol. The van der Waals surface area contributed by atoms with E-state index in [1.807, 2.05) is 0 Å². The van der Waals surface area contributed by atoms with Crippen LogP contribution in [0.25, 0.3) is 0 Å². The predicted octanol–water partition coefficient (Wildman–Crippen LogP) is 3.36. The zero-order valence-corrected chi connectivity index (χ0v) is 8.04. The quantitative estimate of drug-likeness (QED) is 0.386. The molecule has 2 bridgehead atoms. The van der Waals surface area contributed by atoms with Crippen molar-refractivity contribution in [3.8, 4) is 0 Å². The van der Waals surface area contributed by atoms with Gasteiger partial charge in [0.1, 0.15) is 0 Å². The summed E-state index contributed by atoms with van der Waals surface area (Å²) in [5.41, 5.74) is 1.57. The number of hydrogen-bond acceptors (Lipinski definition) is 0. The van der Waals surface area contributed by atoms with Gasteiger partial charge in [0, 0.05) is 5.41 Å². The Balaban J connectivity index is 2.44. The van der Waals surface area contributed by atoms with E-state index in [9.17, 15) is 0 Å². The van der Waals surface area contributed by atoms with Crippen LogP contribution in [0.3, 0.4) is 0 Å². The first-order chi connectivity index (χ1) is 4.97. The molecular formula is C10H15Cl. The lowest BCUT2D eigenvalue weighted by Crippen LogP contribution is -2.35. The number of allylic oxidation sites excluding steroid dienone is 1. The van der Waals surface area contributed by atoms with Gasteiger partial charge in [-0.1, -0.05) is 26.0 Å². The first kappa shape index (κ1) is 7.67. The third-order valence-electron chi connectivity index (χ3n) is 3.87. The molecule has 0 aromatic carbocycles. The standard InChI is InChI=1S/C10H15Cl/c1-7-8-4-5-10(11,6-8)9(7,2)3/h8H,1,4-6H2,2-3H3/t8-,10-/m1/s1. The maximum atomic E-state index is 6.52. The van der Waals surface area contributed by atoms with E-state index in [1.54, 1.807) is 0 Å². The monoisotopic (exact) mass is 170 g/mol. The zero-order chi connectivity index (χ0) is 8.28. The number of fused-ring (bicyclic) bond motifs is 2. The second-order valence-electron chi connectivity index (χ2n) is 4.56. The van der Waals surface area contributed by atoms with Crippen molar-refractivity contribution in [2.75, 3.05) is 0 Å². The third-order valence-corrected chi connectivity index (χ3v) is 4.69. The van der Waals surface area contributed by atoms with E-state index in [-0.39, 0.29) is 10.3 Å². The molecule has 0 N–H and O–H groups in total. The van der Waals surface area contributed by atoms with E-state index in [2.05, 4.69) is 20.4 Å². The Bertz CT molecular complexity index is 217. The minimum Gasteiger partial charge on any atom is -0.118 e. The number of hydrogen-bond donors (Lipinski definition) is 0. The summed E-state index contributed by atoms with van der Waals surface area (Å²) >= 11 is 6.52. The summed E-state index contributed by atoms with van der Waals surface area (Å²) in [6.45, 7) is 8.63. The van der Waals surface area contributed by atoms with Crippen LogP contribution in [0, 0.1) is 11.3 Å². The Hall–Kier alpha value is 0.0300. The summed E-state index contributed by atoms with van der Waals surface area (Å²) in [5.74, 6) is 0.725. The average molecular weight is 171 g/mol. The second kappa shape index (κ2) is 1.85. The Labute approximate surface area is 73.6 Å². The van der Waals surface area contributed by atoms with Crippen LogP contribution < -0.4 is 0 Å². The van der Waals surface area contributed by atoms with Gasteiger partial charge in [0.25, 0.3) is 0 Å². The molecule has 2 saturated carbocycles. The molecule has 0 spiro atoms. The Morgan fingerprint density at radius 2 is 2.18 bits per heavy atom. The van der Waals surface area contributed by atoms with Crippen LogP contribution in [0.15, 0.2) is 12.2 Å². The van der Waals surface area contributed by atoms with Gasteiger partial charge in [-0.3, -0.25) is 0 Å². The van der Waals surface area contributed by atoms with Gasteiger partial charge in [-0.2, -0.15) is 0 Å². The molecule has 2 atom stereocenters. The fourth-order valence-electron chi connectivity index (χ4n) is 2.66. The van der Waals surface area contributed by atoms with Crippen molar-refractivity contribution in [1.29, 1.82) is 0 Å². The van der Waals surface area contributed by atoms with Gasteiger partial charge in [-0.05, 0) is 25.2 Å². The van der Waals surface area contributed by atoms with Crippen molar-refractivity contribution >= 4 is 11.6 Å². The summed E-state index contributed by atoms with van der Waals surface area (Å²) < 4.78 is 0.